The van der Waals surface area contributed by atoms with Crippen molar-refractivity contribution in [2.45, 2.75) is 26.8 Å². The molecule has 0 atom stereocenters. The maximum atomic E-state index is 12.8. The summed E-state index contributed by atoms with van der Waals surface area (Å²) in [6.07, 6.45) is 2.49. The number of hydrogen-bond acceptors (Lipinski definition) is 5. The van der Waals surface area contributed by atoms with Crippen molar-refractivity contribution < 1.29 is 9.53 Å². The van der Waals surface area contributed by atoms with Crippen LogP contribution in [0.25, 0.3) is 17.0 Å². The molecule has 0 radical (unpaired) electrons. The highest BCUT2D eigenvalue weighted by molar-refractivity contribution is 8.26. The second-order valence-electron chi connectivity index (χ2n) is 7.81. The average molecular weight is 492 g/mol. The third-order valence-electron chi connectivity index (χ3n) is 5.78. The minimum absolute atomic E-state index is 0.0456. The molecule has 0 fully saturated rings. The number of nitrogens with one attached hydrogen (secondary N) is 1. The Hall–Kier alpha value is -3.36. The summed E-state index contributed by atoms with van der Waals surface area (Å²) in [5.74, 6) is 0.268. The minimum Gasteiger partial charge on any atom is -0.490 e. The summed E-state index contributed by atoms with van der Waals surface area (Å²) >= 11 is 7.55. The topological polar surface area (TPSA) is 83.0 Å². The van der Waals surface area contributed by atoms with E-state index in [1.54, 1.807) is 12.1 Å². The van der Waals surface area contributed by atoms with E-state index < -0.39 is 5.91 Å². The van der Waals surface area contributed by atoms with Gasteiger partial charge in [-0.3, -0.25) is 10.2 Å². The monoisotopic (exact) mass is 491 g/mol. The number of thioether (sulfide) groups is 1. The maximum absolute atomic E-state index is 12.8. The molecule has 1 N–H and O–H groups in total. The highest BCUT2D eigenvalue weighted by atomic mass is 35.5. The van der Waals surface area contributed by atoms with E-state index in [0.717, 1.165) is 33.6 Å². The lowest BCUT2D eigenvalue weighted by atomic mass is 10.1. The maximum Gasteiger partial charge on any atom is 0.283 e. The highest BCUT2D eigenvalue weighted by Gasteiger charge is 2.35. The van der Waals surface area contributed by atoms with Gasteiger partial charge in [-0.15, -0.1) is 0 Å². The molecule has 2 aliphatic heterocycles. The van der Waals surface area contributed by atoms with Gasteiger partial charge in [0.2, 0.25) is 5.17 Å². The third-order valence-corrected chi connectivity index (χ3v) is 7.14. The van der Waals surface area contributed by atoms with Crippen molar-refractivity contribution in [2.24, 2.45) is 10.1 Å². The van der Waals surface area contributed by atoms with Gasteiger partial charge in [-0.2, -0.15) is 15.1 Å². The van der Waals surface area contributed by atoms with E-state index in [2.05, 4.69) is 14.7 Å². The minimum atomic E-state index is -0.422. The first-order valence-electron chi connectivity index (χ1n) is 10.9. The summed E-state index contributed by atoms with van der Waals surface area (Å²) in [7, 11) is 0. The van der Waals surface area contributed by atoms with Crippen molar-refractivity contribution in [2.75, 3.05) is 6.61 Å². The molecule has 0 bridgehead atoms. The molecular weight excluding hydrogens is 470 g/mol. The molecule has 1 amide bonds. The van der Waals surface area contributed by atoms with Gasteiger partial charge >= 0.3 is 0 Å². The van der Waals surface area contributed by atoms with Gasteiger partial charge in [0, 0.05) is 22.2 Å². The summed E-state index contributed by atoms with van der Waals surface area (Å²) in [6.45, 7) is 5.02. The van der Waals surface area contributed by atoms with Crippen LogP contribution in [0.2, 0.25) is 5.02 Å². The molecule has 9 heteroatoms. The zero-order valence-electron chi connectivity index (χ0n) is 18.7. The van der Waals surface area contributed by atoms with Crippen molar-refractivity contribution in [3.8, 4) is 5.75 Å². The third kappa shape index (κ3) is 3.93. The Labute approximate surface area is 206 Å². The summed E-state index contributed by atoms with van der Waals surface area (Å²) in [5, 5.41) is 17.4. The molecule has 3 heterocycles. The zero-order chi connectivity index (χ0) is 23.8. The van der Waals surface area contributed by atoms with Gasteiger partial charge in [-0.25, -0.2) is 0 Å². The van der Waals surface area contributed by atoms with Crippen molar-refractivity contribution in [3.05, 3.63) is 70.4 Å². The molecule has 3 aromatic rings. The summed E-state index contributed by atoms with van der Waals surface area (Å²) in [5.41, 5.74) is 3.10. The smallest absolute Gasteiger partial charge is 0.283 e. The predicted octanol–water partition coefficient (Wildman–Crippen LogP) is 5.71. The first-order chi connectivity index (χ1) is 16.5. The van der Waals surface area contributed by atoms with Crippen LogP contribution in [0.5, 0.6) is 5.75 Å². The van der Waals surface area contributed by atoms with Gasteiger partial charge in [0.25, 0.3) is 5.91 Å². The number of hydrogen-bond donors (Lipinski definition) is 1. The Morgan fingerprint density at radius 1 is 1.18 bits per heavy atom. The number of benzene rings is 2. The lowest BCUT2D eigenvalue weighted by Crippen LogP contribution is -2.35. The van der Waals surface area contributed by atoms with Crippen LogP contribution in [0.15, 0.2) is 64.2 Å². The van der Waals surface area contributed by atoms with E-state index in [-0.39, 0.29) is 11.4 Å². The zero-order valence-corrected chi connectivity index (χ0v) is 20.3. The lowest BCUT2D eigenvalue weighted by Gasteiger charge is -2.20. The van der Waals surface area contributed by atoms with Crippen molar-refractivity contribution in [3.63, 3.8) is 0 Å². The van der Waals surface area contributed by atoms with Crippen molar-refractivity contribution >= 4 is 62.3 Å². The van der Waals surface area contributed by atoms with Crippen LogP contribution in [0.3, 0.4) is 0 Å². The van der Waals surface area contributed by atoms with E-state index in [1.165, 1.54) is 16.8 Å². The molecule has 2 aliphatic rings. The Morgan fingerprint density at radius 3 is 2.74 bits per heavy atom. The fourth-order valence-electron chi connectivity index (χ4n) is 4.06. The van der Waals surface area contributed by atoms with Crippen molar-refractivity contribution in [1.29, 1.82) is 5.41 Å². The molecule has 0 aliphatic carbocycles. The highest BCUT2D eigenvalue weighted by Crippen LogP contribution is 2.32. The Bertz CT molecular complexity index is 1420. The standard InChI is InChI=1S/C25H22ClN5O2S/c1-3-22-29-31-23(27)18(24(32)28-25(31)34-22)14-17-15(2)30(20-10-6-4-8-16(17)20)12-13-33-21-11-7-5-9-19(21)26/h4-11,14,27H,3,12-13H2,1-2H3/b18-14-,27-23?. The van der Waals surface area contributed by atoms with Crippen LogP contribution in [0, 0.1) is 12.3 Å². The molecule has 1 aromatic heterocycles. The van der Waals surface area contributed by atoms with Gasteiger partial charge in [0.05, 0.1) is 17.1 Å². The van der Waals surface area contributed by atoms with Gasteiger partial charge in [0.15, 0.2) is 5.84 Å². The predicted molar refractivity (Wildman–Crippen MR) is 139 cm³/mol. The number of carbonyl (C=O) groups is 1. The molecule has 0 spiro atoms. The van der Waals surface area contributed by atoms with Gasteiger partial charge in [0.1, 0.15) is 17.4 Å². The molecule has 0 unspecified atom stereocenters. The Kier molecular flexibility index (Phi) is 6.02. The number of ether oxygens (including phenoxy) is 1. The first kappa shape index (κ1) is 22.4. The first-order valence-corrected chi connectivity index (χ1v) is 12.1. The largest absolute Gasteiger partial charge is 0.490 e. The number of nitrogens with zero attached hydrogens (tertiary/aromatic N) is 4. The van der Waals surface area contributed by atoms with E-state index >= 15 is 0 Å². The van der Waals surface area contributed by atoms with E-state index in [9.17, 15) is 4.79 Å². The molecule has 7 nitrogen and oxygen atoms in total. The van der Waals surface area contributed by atoms with E-state index in [4.69, 9.17) is 21.7 Å². The summed E-state index contributed by atoms with van der Waals surface area (Å²) in [4.78, 5) is 17.0. The normalized spacial score (nSPS) is 16.8. The number of amidine groups is 2. The number of rotatable bonds is 6. The summed E-state index contributed by atoms with van der Waals surface area (Å²) in [6, 6.07) is 15.4. The van der Waals surface area contributed by atoms with Crippen LogP contribution in [-0.4, -0.2) is 38.1 Å². The number of amides is 1. The number of hydrazone groups is 1. The number of aromatic nitrogens is 1. The van der Waals surface area contributed by atoms with Crippen LogP contribution < -0.4 is 4.74 Å². The quantitative estimate of drug-likeness (QED) is 0.447. The van der Waals surface area contributed by atoms with Gasteiger partial charge < -0.3 is 9.30 Å². The van der Waals surface area contributed by atoms with Crippen molar-refractivity contribution in [1.82, 2.24) is 9.58 Å². The second kappa shape index (κ2) is 9.12. The number of halogens is 1. The van der Waals surface area contributed by atoms with Crippen LogP contribution >= 0.6 is 23.4 Å². The number of aliphatic imine (C=N–C) groups is 1. The molecular formula is C25H22ClN5O2S. The molecule has 0 saturated heterocycles. The summed E-state index contributed by atoms with van der Waals surface area (Å²) < 4.78 is 8.06. The van der Waals surface area contributed by atoms with Gasteiger partial charge in [-0.1, -0.05) is 48.9 Å². The van der Waals surface area contributed by atoms with Crippen LogP contribution in [0.1, 0.15) is 24.6 Å². The second-order valence-corrected chi connectivity index (χ2v) is 9.26. The van der Waals surface area contributed by atoms with Gasteiger partial charge in [-0.05, 0) is 49.4 Å². The molecule has 34 heavy (non-hydrogen) atoms. The van der Waals surface area contributed by atoms with E-state index in [1.807, 2.05) is 56.3 Å². The van der Waals surface area contributed by atoms with Crippen LogP contribution in [0.4, 0.5) is 0 Å². The van der Waals surface area contributed by atoms with E-state index in [0.29, 0.717) is 29.1 Å². The molecule has 172 valence electrons. The Morgan fingerprint density at radius 2 is 1.94 bits per heavy atom. The average Bonchev–Trinajstić information content (AvgIpc) is 3.37. The number of fused-ring (bicyclic) bond motifs is 2. The SMILES string of the molecule is CCC1=NN2C(=N)/C(=C/c3c(C)n(CCOc4ccccc4Cl)c4ccccc34)C(=O)N=C2S1. The molecule has 2 aromatic carbocycles. The number of para-hydroxylation sites is 2. The Balaban J connectivity index is 1.49. The van der Waals surface area contributed by atoms with Crippen LogP contribution in [-0.2, 0) is 11.3 Å². The lowest BCUT2D eigenvalue weighted by molar-refractivity contribution is -0.114. The fraction of sp³-hybridized carbons (Fsp3) is 0.200. The molecule has 5 rings (SSSR count). The number of carbonyl (C=O) groups excluding carboxylic acids is 1. The fourth-order valence-corrected chi connectivity index (χ4v) is 5.07. The molecule has 0 saturated carbocycles.